The van der Waals surface area contributed by atoms with Gasteiger partial charge in [0.2, 0.25) is 11.8 Å². The maximum Gasteiger partial charge on any atom is 0.241 e. The number of amides is 2. The van der Waals surface area contributed by atoms with E-state index in [2.05, 4.69) is 10.6 Å². The van der Waals surface area contributed by atoms with Gasteiger partial charge in [-0.25, -0.2) is 0 Å². The van der Waals surface area contributed by atoms with Crippen molar-refractivity contribution in [2.24, 2.45) is 11.7 Å². The zero-order valence-electron chi connectivity index (χ0n) is 12.5. The summed E-state index contributed by atoms with van der Waals surface area (Å²) in [5.41, 5.74) is 7.44. The van der Waals surface area contributed by atoms with Crippen LogP contribution in [0.5, 0.6) is 0 Å². The Morgan fingerprint density at radius 3 is 2.87 bits per heavy atom. The molecule has 8 heteroatoms. The number of ether oxygens (including phenoxy) is 1. The van der Waals surface area contributed by atoms with E-state index >= 15 is 0 Å². The van der Waals surface area contributed by atoms with Gasteiger partial charge in [0.25, 0.3) is 0 Å². The average molecular weight is 358 g/mol. The molecule has 1 saturated heterocycles. The summed E-state index contributed by atoms with van der Waals surface area (Å²) >= 11 is 1.49. The molecular weight excluding hydrogens is 338 g/mol. The first-order valence-electron chi connectivity index (χ1n) is 7.34. The molecule has 1 fully saturated rings. The molecule has 126 valence electrons. The van der Waals surface area contributed by atoms with Gasteiger partial charge >= 0.3 is 0 Å². The highest BCUT2D eigenvalue weighted by atomic mass is 35.5. The molecule has 23 heavy (non-hydrogen) atoms. The maximum atomic E-state index is 12.3. The first-order chi connectivity index (χ1) is 10.6. The standard InChI is InChI=1S/C15H19N3O3S.ClH/c16-14(9-3-5-21-6-4-9)15(20)17-10-1-2-12-11(7-10)18-13(19)8-22-12;/h1-2,7,9,14H,3-6,8,16H2,(H,17,20)(H,18,19);1H. The summed E-state index contributed by atoms with van der Waals surface area (Å²) in [6, 6.07) is 4.96. The second-order valence-corrected chi connectivity index (χ2v) is 6.53. The van der Waals surface area contributed by atoms with Crippen molar-refractivity contribution < 1.29 is 14.3 Å². The highest BCUT2D eigenvalue weighted by Crippen LogP contribution is 2.33. The molecule has 0 aromatic heterocycles. The van der Waals surface area contributed by atoms with Crippen molar-refractivity contribution in [3.63, 3.8) is 0 Å². The van der Waals surface area contributed by atoms with E-state index in [1.165, 1.54) is 11.8 Å². The third kappa shape index (κ3) is 4.38. The molecule has 2 heterocycles. The summed E-state index contributed by atoms with van der Waals surface area (Å²) in [4.78, 5) is 24.7. The maximum absolute atomic E-state index is 12.3. The second-order valence-electron chi connectivity index (χ2n) is 5.51. The van der Waals surface area contributed by atoms with E-state index < -0.39 is 6.04 Å². The molecule has 1 atom stereocenters. The zero-order chi connectivity index (χ0) is 15.5. The van der Waals surface area contributed by atoms with E-state index in [1.807, 2.05) is 12.1 Å². The molecule has 2 amide bonds. The largest absolute Gasteiger partial charge is 0.381 e. The molecule has 0 spiro atoms. The lowest BCUT2D eigenvalue weighted by molar-refractivity contribution is -0.119. The van der Waals surface area contributed by atoms with Gasteiger partial charge in [0.05, 0.1) is 17.5 Å². The first kappa shape index (κ1) is 18.1. The van der Waals surface area contributed by atoms with E-state index in [0.717, 1.165) is 23.4 Å². The van der Waals surface area contributed by atoms with Crippen molar-refractivity contribution in [2.45, 2.75) is 23.8 Å². The van der Waals surface area contributed by atoms with E-state index in [4.69, 9.17) is 10.5 Å². The van der Waals surface area contributed by atoms with Crippen molar-refractivity contribution in [1.82, 2.24) is 0 Å². The molecule has 3 rings (SSSR count). The predicted octanol–water partition coefficient (Wildman–Crippen LogP) is 1.84. The van der Waals surface area contributed by atoms with E-state index in [-0.39, 0.29) is 30.1 Å². The third-order valence-electron chi connectivity index (χ3n) is 3.96. The molecule has 0 radical (unpaired) electrons. The van der Waals surface area contributed by atoms with Crippen LogP contribution in [0.25, 0.3) is 0 Å². The minimum Gasteiger partial charge on any atom is -0.381 e. The summed E-state index contributed by atoms with van der Waals surface area (Å²) in [6.45, 7) is 1.32. The average Bonchev–Trinajstić information content (AvgIpc) is 2.54. The second kappa shape index (κ2) is 8.01. The highest BCUT2D eigenvalue weighted by Gasteiger charge is 2.26. The Morgan fingerprint density at radius 1 is 1.39 bits per heavy atom. The number of carbonyl (C=O) groups is 2. The Kier molecular flexibility index (Phi) is 6.29. The van der Waals surface area contributed by atoms with E-state index in [0.29, 0.717) is 24.7 Å². The molecule has 0 aliphatic carbocycles. The van der Waals surface area contributed by atoms with Crippen LogP contribution in [-0.2, 0) is 14.3 Å². The summed E-state index contributed by atoms with van der Waals surface area (Å²) in [5, 5.41) is 5.65. The molecule has 1 aromatic carbocycles. The van der Waals surface area contributed by atoms with Gasteiger partial charge in [0.1, 0.15) is 0 Å². The number of thioether (sulfide) groups is 1. The van der Waals surface area contributed by atoms with Crippen molar-refractivity contribution in [3.8, 4) is 0 Å². The fraction of sp³-hybridized carbons (Fsp3) is 0.467. The van der Waals surface area contributed by atoms with E-state index in [9.17, 15) is 9.59 Å². The molecule has 0 saturated carbocycles. The Labute approximate surface area is 145 Å². The Hall–Kier alpha value is -1.28. The summed E-state index contributed by atoms with van der Waals surface area (Å²) < 4.78 is 5.29. The van der Waals surface area contributed by atoms with Crippen LogP contribution in [-0.4, -0.2) is 36.8 Å². The molecule has 2 aliphatic rings. The normalized spacial score (nSPS) is 19.1. The van der Waals surface area contributed by atoms with Crippen LogP contribution in [0.2, 0.25) is 0 Å². The Balaban J connectivity index is 0.00000192. The molecule has 0 bridgehead atoms. The number of hydrogen-bond donors (Lipinski definition) is 3. The summed E-state index contributed by atoms with van der Waals surface area (Å²) in [6.07, 6.45) is 1.62. The van der Waals surface area contributed by atoms with Gasteiger partial charge in [-0.3, -0.25) is 9.59 Å². The van der Waals surface area contributed by atoms with Crippen molar-refractivity contribution >= 4 is 47.4 Å². The fourth-order valence-corrected chi connectivity index (χ4v) is 3.46. The smallest absolute Gasteiger partial charge is 0.241 e. The number of anilines is 2. The number of nitrogens with one attached hydrogen (secondary N) is 2. The van der Waals surface area contributed by atoms with E-state index in [1.54, 1.807) is 6.07 Å². The van der Waals surface area contributed by atoms with Crippen LogP contribution >= 0.6 is 24.2 Å². The Morgan fingerprint density at radius 2 is 2.13 bits per heavy atom. The lowest BCUT2D eigenvalue weighted by Gasteiger charge is -2.27. The van der Waals surface area contributed by atoms with Crippen molar-refractivity contribution in [1.29, 1.82) is 0 Å². The fourth-order valence-electron chi connectivity index (χ4n) is 2.68. The number of halogens is 1. The minimum absolute atomic E-state index is 0. The lowest BCUT2D eigenvalue weighted by atomic mass is 9.92. The van der Waals surface area contributed by atoms with Gasteiger partial charge in [-0.05, 0) is 37.0 Å². The first-order valence-corrected chi connectivity index (χ1v) is 8.33. The van der Waals surface area contributed by atoms with Crippen molar-refractivity contribution in [2.75, 3.05) is 29.6 Å². The predicted molar refractivity (Wildman–Crippen MR) is 93.2 cm³/mol. The topological polar surface area (TPSA) is 93.5 Å². The van der Waals surface area contributed by atoms with Crippen LogP contribution in [0.1, 0.15) is 12.8 Å². The highest BCUT2D eigenvalue weighted by molar-refractivity contribution is 8.00. The zero-order valence-corrected chi connectivity index (χ0v) is 14.2. The summed E-state index contributed by atoms with van der Waals surface area (Å²) in [7, 11) is 0. The molecule has 4 N–H and O–H groups in total. The Bertz CT molecular complexity index is 593. The molecule has 2 aliphatic heterocycles. The number of rotatable bonds is 3. The number of benzene rings is 1. The van der Waals surface area contributed by atoms with Crippen LogP contribution < -0.4 is 16.4 Å². The van der Waals surface area contributed by atoms with Crippen LogP contribution in [0, 0.1) is 5.92 Å². The number of fused-ring (bicyclic) bond motifs is 1. The SMILES string of the molecule is Cl.NC(C(=O)Nc1ccc2c(c1)NC(=O)CS2)C1CCOCC1. The van der Waals surface area contributed by atoms with Gasteiger partial charge < -0.3 is 21.1 Å². The van der Waals surface area contributed by atoms with Gasteiger partial charge in [-0.15, -0.1) is 24.2 Å². The minimum atomic E-state index is -0.538. The van der Waals surface area contributed by atoms with Crippen LogP contribution in [0.3, 0.4) is 0 Å². The van der Waals surface area contributed by atoms with Gasteiger partial charge in [-0.2, -0.15) is 0 Å². The molecular formula is C15H20ClN3O3S. The van der Waals surface area contributed by atoms with Crippen LogP contribution in [0.15, 0.2) is 23.1 Å². The number of nitrogens with two attached hydrogens (primary N) is 1. The summed E-state index contributed by atoms with van der Waals surface area (Å²) in [5.74, 6) is 0.357. The molecule has 1 aromatic rings. The number of hydrogen-bond acceptors (Lipinski definition) is 5. The van der Waals surface area contributed by atoms with Gasteiger partial charge in [-0.1, -0.05) is 0 Å². The third-order valence-corrected chi connectivity index (χ3v) is 5.03. The lowest BCUT2D eigenvalue weighted by Crippen LogP contribution is -2.44. The molecule has 1 unspecified atom stereocenters. The van der Waals surface area contributed by atoms with Gasteiger partial charge in [0, 0.05) is 23.8 Å². The number of carbonyl (C=O) groups excluding carboxylic acids is 2. The van der Waals surface area contributed by atoms with Gasteiger partial charge in [0.15, 0.2) is 0 Å². The van der Waals surface area contributed by atoms with Crippen LogP contribution in [0.4, 0.5) is 11.4 Å². The quantitative estimate of drug-likeness (QED) is 0.767. The van der Waals surface area contributed by atoms with Crippen molar-refractivity contribution in [3.05, 3.63) is 18.2 Å². The monoisotopic (exact) mass is 357 g/mol. The molecule has 6 nitrogen and oxygen atoms in total.